The Labute approximate surface area is 323 Å². The van der Waals surface area contributed by atoms with Crippen LogP contribution in [-0.4, -0.2) is 40.4 Å². The maximum absolute atomic E-state index is 6.35. The molecule has 248 valence electrons. The Morgan fingerprint density at radius 3 is 1.33 bits per heavy atom. The first kappa shape index (κ1) is 31.6. The molecular weight excluding hydrogens is 769 g/mol. The largest absolute Gasteiger partial charge is 0.485 e. The zero-order valence-corrected chi connectivity index (χ0v) is 32.0. The molecule has 10 rings (SSSR count). The average Bonchev–Trinajstić information content (AvgIpc) is 4.03. The van der Waals surface area contributed by atoms with Gasteiger partial charge in [0.1, 0.15) is 35.3 Å². The van der Waals surface area contributed by atoms with Crippen LogP contribution in [0.5, 0.6) is 11.5 Å². The van der Waals surface area contributed by atoms with Crippen molar-refractivity contribution in [3.63, 3.8) is 0 Å². The van der Waals surface area contributed by atoms with Crippen LogP contribution in [0.2, 0.25) is 0 Å². The summed E-state index contributed by atoms with van der Waals surface area (Å²) in [5.41, 5.74) is 7.42. The highest BCUT2D eigenvalue weighted by molar-refractivity contribution is 7.81. The van der Waals surface area contributed by atoms with Crippen LogP contribution in [0.3, 0.4) is 0 Å². The van der Waals surface area contributed by atoms with E-state index in [9.17, 15) is 0 Å². The third-order valence-electron chi connectivity index (χ3n) is 9.05. The van der Waals surface area contributed by atoms with Crippen LogP contribution in [0.15, 0.2) is 97.1 Å². The number of thiophene rings is 3. The van der Waals surface area contributed by atoms with E-state index >= 15 is 0 Å². The molecule has 3 aliphatic rings. The smallest absolute Gasteiger partial charge is 0.180 e. The van der Waals surface area contributed by atoms with Crippen LogP contribution in [0.4, 0.5) is 0 Å². The molecule has 7 aromatic rings. The number of nitrogens with zero attached hydrogens (tertiary/aromatic N) is 4. The maximum atomic E-state index is 6.35. The molecule has 0 saturated heterocycles. The Hall–Kier alpha value is -4.08. The fraction of sp³-hybridized carbons (Fsp3) is 0.105. The summed E-state index contributed by atoms with van der Waals surface area (Å²) in [6, 6.07) is 17.0. The van der Waals surface area contributed by atoms with Gasteiger partial charge < -0.3 is 9.47 Å². The van der Waals surface area contributed by atoms with E-state index in [1.165, 1.54) is 23.5 Å². The highest BCUT2D eigenvalue weighted by atomic mass is 32.1. The van der Waals surface area contributed by atoms with Gasteiger partial charge in [0, 0.05) is 63.3 Å². The van der Waals surface area contributed by atoms with E-state index in [1.54, 1.807) is 34.0 Å². The standard InChI is InChI=1S/C38H22N4O2S7/c45-35(19-5-1-2-6-19)27-15-13-25(47-27)21-9-11-23(31-29(21)39-50-41-31)37-33-34(44-18-17-43-33)38(49-37)24-12-10-22(30-32(24)42-51-40-30)26-14-16-28(48-26)36(46)20-7-3-4-8-20/h1-16,19-20H,17-18H2. The molecule has 6 heterocycles. The van der Waals surface area contributed by atoms with Crippen LogP contribution in [0, 0.1) is 11.8 Å². The highest BCUT2D eigenvalue weighted by Crippen LogP contribution is 2.56. The maximum Gasteiger partial charge on any atom is 0.180 e. The number of allylic oxidation sites excluding steroid dienone is 8. The lowest BCUT2D eigenvalue weighted by atomic mass is 10.0. The van der Waals surface area contributed by atoms with Gasteiger partial charge in [-0.15, -0.1) is 34.0 Å². The van der Waals surface area contributed by atoms with E-state index in [2.05, 4.69) is 72.8 Å². The van der Waals surface area contributed by atoms with Crippen molar-refractivity contribution in [2.24, 2.45) is 11.8 Å². The van der Waals surface area contributed by atoms with Gasteiger partial charge in [0.2, 0.25) is 0 Å². The first-order chi connectivity index (χ1) is 25.1. The van der Waals surface area contributed by atoms with E-state index in [4.69, 9.17) is 51.4 Å². The van der Waals surface area contributed by atoms with Crippen molar-refractivity contribution in [1.82, 2.24) is 17.5 Å². The second-order valence-corrected chi connectivity index (χ2v) is 17.1. The topological polar surface area (TPSA) is 70.0 Å². The number of ether oxygens (including phenoxy) is 2. The van der Waals surface area contributed by atoms with Crippen molar-refractivity contribution in [1.29, 1.82) is 0 Å². The van der Waals surface area contributed by atoms with Gasteiger partial charge in [-0.25, -0.2) is 0 Å². The lowest BCUT2D eigenvalue weighted by Gasteiger charge is -2.17. The minimum absolute atomic E-state index is 0.165. The molecule has 2 aliphatic carbocycles. The van der Waals surface area contributed by atoms with Gasteiger partial charge in [-0.1, -0.05) is 97.3 Å². The van der Waals surface area contributed by atoms with Crippen molar-refractivity contribution in [2.45, 2.75) is 0 Å². The molecule has 0 unspecified atom stereocenters. The number of thiocarbonyl (C=S) groups is 2. The van der Waals surface area contributed by atoms with E-state index in [1.807, 2.05) is 24.3 Å². The van der Waals surface area contributed by atoms with E-state index in [0.717, 1.165) is 94.8 Å². The van der Waals surface area contributed by atoms with Gasteiger partial charge in [0.25, 0.3) is 0 Å². The first-order valence-corrected chi connectivity index (χ1v) is 20.8. The Morgan fingerprint density at radius 2 is 0.902 bits per heavy atom. The monoisotopic (exact) mass is 790 g/mol. The molecule has 0 N–H and O–H groups in total. The normalized spacial score (nSPS) is 15.3. The summed E-state index contributed by atoms with van der Waals surface area (Å²) in [7, 11) is 0. The second kappa shape index (κ2) is 12.8. The predicted molar refractivity (Wildman–Crippen MR) is 222 cm³/mol. The molecule has 0 spiro atoms. The van der Waals surface area contributed by atoms with Crippen molar-refractivity contribution < 1.29 is 9.47 Å². The molecule has 6 nitrogen and oxygen atoms in total. The summed E-state index contributed by atoms with van der Waals surface area (Å²) in [4.78, 5) is 8.22. The zero-order chi connectivity index (χ0) is 34.1. The fourth-order valence-electron chi connectivity index (χ4n) is 6.57. The molecule has 2 aromatic carbocycles. The molecule has 1 aliphatic heterocycles. The fourth-order valence-corrected chi connectivity index (χ4v) is 11.7. The summed E-state index contributed by atoms with van der Waals surface area (Å²) in [6.07, 6.45) is 16.7. The van der Waals surface area contributed by atoms with E-state index in [0.29, 0.717) is 13.2 Å². The number of aromatic nitrogens is 4. The van der Waals surface area contributed by atoms with Crippen LogP contribution >= 0.6 is 81.9 Å². The van der Waals surface area contributed by atoms with Crippen molar-refractivity contribution >= 4 is 114 Å². The Balaban J connectivity index is 1.04. The summed E-state index contributed by atoms with van der Waals surface area (Å²) in [6.45, 7) is 0.940. The molecule has 0 radical (unpaired) electrons. The lowest BCUT2D eigenvalue weighted by molar-refractivity contribution is 0.175. The molecule has 0 bridgehead atoms. The lowest BCUT2D eigenvalue weighted by Crippen LogP contribution is -2.14. The predicted octanol–water partition coefficient (Wildman–Crippen LogP) is 11.2. The molecule has 0 atom stereocenters. The third kappa shape index (κ3) is 5.33. The van der Waals surface area contributed by atoms with Crippen LogP contribution < -0.4 is 9.47 Å². The van der Waals surface area contributed by atoms with Gasteiger partial charge >= 0.3 is 0 Å². The van der Waals surface area contributed by atoms with Crippen LogP contribution in [0.1, 0.15) is 9.75 Å². The van der Waals surface area contributed by atoms with Crippen molar-refractivity contribution in [3.8, 4) is 53.3 Å². The number of rotatable bonds is 8. The van der Waals surface area contributed by atoms with Gasteiger partial charge in [-0.2, -0.15) is 17.5 Å². The van der Waals surface area contributed by atoms with Crippen molar-refractivity contribution in [3.05, 3.63) is 107 Å². The minimum atomic E-state index is 0.165. The molecule has 0 fully saturated rings. The Morgan fingerprint density at radius 1 is 0.510 bits per heavy atom. The molecule has 5 aromatic heterocycles. The second-order valence-electron chi connectivity index (χ2n) is 12.0. The highest BCUT2D eigenvalue weighted by Gasteiger charge is 2.30. The number of fused-ring (bicyclic) bond motifs is 3. The molecule has 0 amide bonds. The van der Waals surface area contributed by atoms with Gasteiger partial charge in [-0.3, -0.25) is 0 Å². The quantitative estimate of drug-likeness (QED) is 0.111. The van der Waals surface area contributed by atoms with E-state index in [-0.39, 0.29) is 11.8 Å². The molecule has 0 saturated carbocycles. The summed E-state index contributed by atoms with van der Waals surface area (Å²) in [5.74, 6) is 1.80. The van der Waals surface area contributed by atoms with Crippen LogP contribution in [-0.2, 0) is 0 Å². The minimum Gasteiger partial charge on any atom is -0.485 e. The van der Waals surface area contributed by atoms with Gasteiger partial charge in [0.05, 0.1) is 33.2 Å². The van der Waals surface area contributed by atoms with Crippen molar-refractivity contribution in [2.75, 3.05) is 13.2 Å². The van der Waals surface area contributed by atoms with Gasteiger partial charge in [-0.05, 0) is 24.3 Å². The molecule has 13 heteroatoms. The summed E-state index contributed by atoms with van der Waals surface area (Å²) >= 11 is 19.1. The first-order valence-electron chi connectivity index (χ1n) is 16.0. The average molecular weight is 791 g/mol. The zero-order valence-electron chi connectivity index (χ0n) is 26.3. The number of hydrogen-bond acceptors (Lipinski definition) is 13. The number of hydrogen-bond donors (Lipinski definition) is 0. The van der Waals surface area contributed by atoms with Crippen LogP contribution in [0.25, 0.3) is 63.8 Å². The Bertz CT molecular complexity index is 2480. The molecule has 51 heavy (non-hydrogen) atoms. The number of benzene rings is 2. The third-order valence-corrected chi connectivity index (χ3v) is 14.9. The van der Waals surface area contributed by atoms with E-state index < -0.39 is 0 Å². The SMILES string of the molecule is S=C(c1ccc(-c2ccc(-c3sc(-c4ccc(-c5ccc(C(=S)C6C=CC=C6)s5)c5nsnc45)c4c3OCCO4)c3nsnc23)s1)C1C=CC=C1. The van der Waals surface area contributed by atoms with Gasteiger partial charge in [0.15, 0.2) is 11.5 Å². The molecular formula is C38H22N4O2S7. The summed E-state index contributed by atoms with van der Waals surface area (Å²) < 4.78 is 31.9. The summed E-state index contributed by atoms with van der Waals surface area (Å²) in [5, 5.41) is 0. The Kier molecular flexibility index (Phi) is 7.97.